The lowest BCUT2D eigenvalue weighted by Crippen LogP contribution is -2.50. The van der Waals surface area contributed by atoms with Crippen molar-refractivity contribution in [2.24, 2.45) is 0 Å². The molecule has 0 spiro atoms. The van der Waals surface area contributed by atoms with Crippen LogP contribution in [0.3, 0.4) is 0 Å². The van der Waals surface area contributed by atoms with Gasteiger partial charge in [-0.15, -0.1) is 0 Å². The third kappa shape index (κ3) is 2.38. The van der Waals surface area contributed by atoms with E-state index in [1.165, 1.54) is 0 Å². The van der Waals surface area contributed by atoms with Crippen LogP contribution in [0.4, 0.5) is 5.69 Å². The van der Waals surface area contributed by atoms with Crippen molar-refractivity contribution in [3.63, 3.8) is 0 Å². The molecule has 0 aromatic carbocycles. The molecule has 1 aliphatic heterocycles. The molecule has 18 heavy (non-hydrogen) atoms. The van der Waals surface area contributed by atoms with Gasteiger partial charge >= 0.3 is 0 Å². The van der Waals surface area contributed by atoms with Gasteiger partial charge in [0, 0.05) is 5.69 Å². The number of aryl methyl sites for hydroxylation is 2. The summed E-state index contributed by atoms with van der Waals surface area (Å²) in [5, 5.41) is 6.35. The first-order valence-electron chi connectivity index (χ1n) is 6.58. The van der Waals surface area contributed by atoms with E-state index in [0.717, 1.165) is 42.9 Å². The van der Waals surface area contributed by atoms with E-state index in [4.69, 9.17) is 0 Å². The van der Waals surface area contributed by atoms with Gasteiger partial charge in [0.15, 0.2) is 0 Å². The van der Waals surface area contributed by atoms with Crippen molar-refractivity contribution in [1.29, 1.82) is 0 Å². The van der Waals surface area contributed by atoms with Crippen LogP contribution in [0.1, 0.15) is 37.6 Å². The van der Waals surface area contributed by atoms with Gasteiger partial charge in [-0.25, -0.2) is 0 Å². The first-order valence-corrected chi connectivity index (χ1v) is 6.58. The predicted molar refractivity (Wildman–Crippen MR) is 72.6 cm³/mol. The molecule has 98 valence electrons. The van der Waals surface area contributed by atoms with Crippen LogP contribution in [-0.4, -0.2) is 23.0 Å². The van der Waals surface area contributed by atoms with Crippen LogP contribution < -0.4 is 10.6 Å². The molecule has 1 atom stereocenters. The Bertz CT molecular complexity index is 450. The molecule has 1 aliphatic rings. The maximum absolute atomic E-state index is 12.4. The molecule has 0 radical (unpaired) electrons. The zero-order chi connectivity index (χ0) is 13.2. The van der Waals surface area contributed by atoms with Gasteiger partial charge in [-0.05, 0) is 51.8 Å². The van der Waals surface area contributed by atoms with Crippen molar-refractivity contribution >= 4 is 11.6 Å². The van der Waals surface area contributed by atoms with E-state index in [2.05, 4.69) is 22.5 Å². The summed E-state index contributed by atoms with van der Waals surface area (Å²) in [4.78, 5) is 16.8. The Morgan fingerprint density at radius 1 is 1.50 bits per heavy atom. The number of hydrogen-bond donors (Lipinski definition) is 2. The van der Waals surface area contributed by atoms with E-state index < -0.39 is 5.54 Å². The van der Waals surface area contributed by atoms with Crippen molar-refractivity contribution < 1.29 is 4.79 Å². The fraction of sp³-hybridized carbons (Fsp3) is 0.571. The quantitative estimate of drug-likeness (QED) is 0.860. The van der Waals surface area contributed by atoms with Crippen molar-refractivity contribution in [3.8, 4) is 0 Å². The molecule has 1 aromatic heterocycles. The van der Waals surface area contributed by atoms with Gasteiger partial charge in [-0.2, -0.15) is 0 Å². The van der Waals surface area contributed by atoms with E-state index in [1.54, 1.807) is 0 Å². The smallest absolute Gasteiger partial charge is 0.244 e. The number of rotatable bonds is 3. The van der Waals surface area contributed by atoms with Crippen LogP contribution in [0.15, 0.2) is 12.1 Å². The predicted octanol–water partition coefficient (Wildman–Crippen LogP) is 2.17. The minimum absolute atomic E-state index is 0.0660. The van der Waals surface area contributed by atoms with Gasteiger partial charge in [0.2, 0.25) is 5.91 Å². The lowest BCUT2D eigenvalue weighted by Gasteiger charge is -2.27. The summed E-state index contributed by atoms with van der Waals surface area (Å²) >= 11 is 0. The van der Waals surface area contributed by atoms with Crippen LogP contribution in [-0.2, 0) is 4.79 Å². The average molecular weight is 247 g/mol. The Morgan fingerprint density at radius 3 is 2.83 bits per heavy atom. The van der Waals surface area contributed by atoms with Crippen molar-refractivity contribution in [1.82, 2.24) is 10.3 Å². The molecule has 0 bridgehead atoms. The second-order valence-electron chi connectivity index (χ2n) is 5.01. The topological polar surface area (TPSA) is 54.0 Å². The maximum Gasteiger partial charge on any atom is 0.244 e. The molecule has 2 N–H and O–H groups in total. The SMILES string of the molecule is CCC1(C(=O)Nc2ccc(C)nc2C)CCCN1. The molecule has 1 aromatic rings. The molecule has 2 rings (SSSR count). The summed E-state index contributed by atoms with van der Waals surface area (Å²) in [6.07, 6.45) is 2.79. The molecular formula is C14H21N3O. The van der Waals surface area contributed by atoms with Gasteiger partial charge in [-0.1, -0.05) is 6.92 Å². The summed E-state index contributed by atoms with van der Waals surface area (Å²) in [5.74, 6) is 0.0660. The van der Waals surface area contributed by atoms with Gasteiger partial charge < -0.3 is 10.6 Å². The normalized spacial score (nSPS) is 23.1. The number of anilines is 1. The number of nitrogens with zero attached hydrogens (tertiary/aromatic N) is 1. The summed E-state index contributed by atoms with van der Waals surface area (Å²) in [7, 11) is 0. The zero-order valence-corrected chi connectivity index (χ0v) is 11.3. The van der Waals surface area contributed by atoms with Crippen molar-refractivity contribution in [2.45, 2.75) is 45.6 Å². The first-order chi connectivity index (χ1) is 8.57. The third-order valence-electron chi connectivity index (χ3n) is 3.76. The fourth-order valence-electron chi connectivity index (χ4n) is 2.52. The molecule has 1 fully saturated rings. The standard InChI is InChI=1S/C14H21N3O/c1-4-14(8-5-9-15-14)13(18)17-12-7-6-10(2)16-11(12)3/h6-7,15H,4-5,8-9H2,1-3H3,(H,17,18). The zero-order valence-electron chi connectivity index (χ0n) is 11.3. The lowest BCUT2D eigenvalue weighted by molar-refractivity contribution is -0.122. The molecule has 1 unspecified atom stereocenters. The van der Waals surface area contributed by atoms with Crippen LogP contribution >= 0.6 is 0 Å². The first kappa shape index (κ1) is 13.0. The highest BCUT2D eigenvalue weighted by molar-refractivity contribution is 5.98. The van der Waals surface area contributed by atoms with Gasteiger partial charge in [-0.3, -0.25) is 9.78 Å². The van der Waals surface area contributed by atoms with Crippen LogP contribution in [0.25, 0.3) is 0 Å². The lowest BCUT2D eigenvalue weighted by atomic mass is 9.93. The number of hydrogen-bond acceptors (Lipinski definition) is 3. The molecule has 4 heteroatoms. The minimum Gasteiger partial charge on any atom is -0.323 e. The molecule has 1 amide bonds. The van der Waals surface area contributed by atoms with Crippen LogP contribution in [0, 0.1) is 13.8 Å². The number of pyridine rings is 1. The van der Waals surface area contributed by atoms with Crippen LogP contribution in [0.5, 0.6) is 0 Å². The van der Waals surface area contributed by atoms with Crippen molar-refractivity contribution in [3.05, 3.63) is 23.5 Å². The second-order valence-corrected chi connectivity index (χ2v) is 5.01. The fourth-order valence-corrected chi connectivity index (χ4v) is 2.52. The molecule has 1 saturated heterocycles. The maximum atomic E-state index is 12.4. The Labute approximate surface area is 108 Å². The highest BCUT2D eigenvalue weighted by Gasteiger charge is 2.39. The summed E-state index contributed by atoms with van der Waals surface area (Å²) in [5.41, 5.74) is 2.26. The monoisotopic (exact) mass is 247 g/mol. The highest BCUT2D eigenvalue weighted by atomic mass is 16.2. The van der Waals surface area contributed by atoms with Gasteiger partial charge in [0.25, 0.3) is 0 Å². The summed E-state index contributed by atoms with van der Waals surface area (Å²) in [6, 6.07) is 3.84. The average Bonchev–Trinajstić information content (AvgIpc) is 2.82. The number of aromatic nitrogens is 1. The minimum atomic E-state index is -0.392. The van der Waals surface area contributed by atoms with E-state index in [9.17, 15) is 4.79 Å². The highest BCUT2D eigenvalue weighted by Crippen LogP contribution is 2.25. The molecular weight excluding hydrogens is 226 g/mol. The molecule has 2 heterocycles. The third-order valence-corrected chi connectivity index (χ3v) is 3.76. The van der Waals surface area contributed by atoms with Gasteiger partial charge in [0.05, 0.1) is 16.9 Å². The summed E-state index contributed by atoms with van der Waals surface area (Å²) < 4.78 is 0. The Balaban J connectivity index is 2.15. The number of nitrogens with one attached hydrogen (secondary N) is 2. The molecule has 0 aliphatic carbocycles. The molecule has 4 nitrogen and oxygen atoms in total. The van der Waals surface area contributed by atoms with Crippen molar-refractivity contribution in [2.75, 3.05) is 11.9 Å². The Morgan fingerprint density at radius 2 is 2.28 bits per heavy atom. The van der Waals surface area contributed by atoms with Crippen LogP contribution in [0.2, 0.25) is 0 Å². The van der Waals surface area contributed by atoms with Gasteiger partial charge in [0.1, 0.15) is 0 Å². The number of amides is 1. The van der Waals surface area contributed by atoms with E-state index in [1.807, 2.05) is 26.0 Å². The van der Waals surface area contributed by atoms with E-state index in [0.29, 0.717) is 0 Å². The largest absolute Gasteiger partial charge is 0.323 e. The van der Waals surface area contributed by atoms with E-state index in [-0.39, 0.29) is 5.91 Å². The Kier molecular flexibility index (Phi) is 3.66. The second kappa shape index (κ2) is 5.06. The Hall–Kier alpha value is -1.42. The number of carbonyl (C=O) groups excluding carboxylic acids is 1. The number of carbonyl (C=O) groups is 1. The summed E-state index contributed by atoms with van der Waals surface area (Å²) in [6.45, 7) is 6.85. The van der Waals surface area contributed by atoms with E-state index >= 15 is 0 Å². The molecule has 0 saturated carbocycles.